The van der Waals surface area contributed by atoms with Crippen molar-refractivity contribution in [1.29, 1.82) is 0 Å². The van der Waals surface area contributed by atoms with Crippen LogP contribution in [0.3, 0.4) is 0 Å². The summed E-state index contributed by atoms with van der Waals surface area (Å²) in [6.45, 7) is 1.53. The van der Waals surface area contributed by atoms with E-state index in [9.17, 15) is 4.79 Å². The molecule has 0 bridgehead atoms. The van der Waals surface area contributed by atoms with Crippen molar-refractivity contribution in [2.24, 2.45) is 0 Å². The van der Waals surface area contributed by atoms with Crippen LogP contribution in [-0.2, 0) is 4.79 Å². The van der Waals surface area contributed by atoms with Crippen LogP contribution >= 0.6 is 0 Å². The summed E-state index contributed by atoms with van der Waals surface area (Å²) in [4.78, 5) is 16.5. The summed E-state index contributed by atoms with van der Waals surface area (Å²) in [5.74, 6) is 1.61. The van der Waals surface area contributed by atoms with E-state index in [1.54, 1.807) is 26.4 Å². The van der Waals surface area contributed by atoms with Crippen molar-refractivity contribution in [2.75, 3.05) is 27.3 Å². The number of rotatable bonds is 6. The Morgan fingerprint density at radius 2 is 1.72 bits per heavy atom. The lowest BCUT2D eigenvalue weighted by molar-refractivity contribution is -0.133. The van der Waals surface area contributed by atoms with Crippen LogP contribution in [0.2, 0.25) is 0 Å². The van der Waals surface area contributed by atoms with Crippen molar-refractivity contribution in [3.05, 3.63) is 54.1 Å². The van der Waals surface area contributed by atoms with Crippen LogP contribution < -0.4 is 9.47 Å². The summed E-state index contributed by atoms with van der Waals surface area (Å²) in [5, 5.41) is 12.9. The molecule has 1 aliphatic rings. The van der Waals surface area contributed by atoms with Crippen molar-refractivity contribution in [2.45, 2.75) is 18.9 Å². The molecule has 3 aromatic rings. The van der Waals surface area contributed by atoms with Crippen molar-refractivity contribution >= 4 is 5.91 Å². The van der Waals surface area contributed by atoms with E-state index in [1.165, 1.54) is 4.80 Å². The lowest BCUT2D eigenvalue weighted by Gasteiger charge is -2.22. The number of likely N-dealkylation sites (tertiary alicyclic amines) is 1. The molecular formula is C21H23N5O3. The van der Waals surface area contributed by atoms with Gasteiger partial charge in [0, 0.05) is 18.7 Å². The Morgan fingerprint density at radius 3 is 2.41 bits per heavy atom. The van der Waals surface area contributed by atoms with Gasteiger partial charge in [0.1, 0.15) is 0 Å². The molecule has 0 aliphatic carbocycles. The van der Waals surface area contributed by atoms with Crippen LogP contribution in [-0.4, -0.2) is 58.3 Å². The van der Waals surface area contributed by atoms with Gasteiger partial charge in [-0.3, -0.25) is 4.79 Å². The molecule has 1 atom stereocenters. The number of carbonyl (C=O) groups is 1. The van der Waals surface area contributed by atoms with Gasteiger partial charge in [0.15, 0.2) is 17.5 Å². The molecule has 2 aromatic carbocycles. The fourth-order valence-corrected chi connectivity index (χ4v) is 3.55. The van der Waals surface area contributed by atoms with Crippen molar-refractivity contribution in [1.82, 2.24) is 25.1 Å². The van der Waals surface area contributed by atoms with E-state index in [1.807, 2.05) is 41.3 Å². The van der Waals surface area contributed by atoms with Gasteiger partial charge in [0.05, 0.1) is 14.2 Å². The smallest absolute Gasteiger partial charge is 0.254 e. The van der Waals surface area contributed by atoms with Gasteiger partial charge in [0.2, 0.25) is 5.82 Å². The number of hydrogen-bond acceptors (Lipinski definition) is 6. The number of methoxy groups -OCH3 is 2. The van der Waals surface area contributed by atoms with Crippen LogP contribution in [0, 0.1) is 0 Å². The average molecular weight is 393 g/mol. The van der Waals surface area contributed by atoms with Crippen LogP contribution in [0.1, 0.15) is 24.4 Å². The summed E-state index contributed by atoms with van der Waals surface area (Å²) < 4.78 is 10.6. The Hall–Kier alpha value is -3.42. The third-order valence-corrected chi connectivity index (χ3v) is 5.07. The summed E-state index contributed by atoms with van der Waals surface area (Å²) in [6.07, 6.45) is 2.05. The van der Waals surface area contributed by atoms with Crippen LogP contribution in [0.4, 0.5) is 0 Å². The highest BCUT2D eigenvalue weighted by Gasteiger charge is 2.31. The maximum absolute atomic E-state index is 13.2. The first-order valence-electron chi connectivity index (χ1n) is 9.57. The molecule has 0 spiro atoms. The summed E-state index contributed by atoms with van der Waals surface area (Å²) in [6, 6.07) is 14.3. The highest BCUT2D eigenvalue weighted by Crippen LogP contribution is 2.31. The SMILES string of the molecule is COc1ccc(-c2nnn([C@@H](C(=O)N3CCCC3)c3ccccc3)n2)cc1OC. The molecule has 1 fully saturated rings. The second-order valence-corrected chi connectivity index (χ2v) is 6.85. The number of hydrogen-bond donors (Lipinski definition) is 0. The Bertz CT molecular complexity index is 983. The van der Waals surface area contributed by atoms with Gasteiger partial charge in [-0.25, -0.2) is 0 Å². The molecule has 1 aliphatic heterocycles. The van der Waals surface area contributed by atoms with Crippen LogP contribution in [0.15, 0.2) is 48.5 Å². The molecule has 1 saturated heterocycles. The third-order valence-electron chi connectivity index (χ3n) is 5.07. The Kier molecular flexibility index (Phi) is 5.41. The predicted molar refractivity (Wildman–Crippen MR) is 107 cm³/mol. The summed E-state index contributed by atoms with van der Waals surface area (Å²) >= 11 is 0. The highest BCUT2D eigenvalue weighted by molar-refractivity contribution is 5.83. The van der Waals surface area contributed by atoms with E-state index in [0.29, 0.717) is 17.3 Å². The van der Waals surface area contributed by atoms with Gasteiger partial charge in [-0.1, -0.05) is 30.3 Å². The molecule has 1 aromatic heterocycles. The monoisotopic (exact) mass is 393 g/mol. The lowest BCUT2D eigenvalue weighted by Crippen LogP contribution is -2.36. The van der Waals surface area contributed by atoms with E-state index < -0.39 is 6.04 Å². The molecule has 8 heteroatoms. The van der Waals surface area contributed by atoms with Gasteiger partial charge < -0.3 is 14.4 Å². The summed E-state index contributed by atoms with van der Waals surface area (Å²) in [5.41, 5.74) is 1.56. The molecule has 0 unspecified atom stereocenters. The lowest BCUT2D eigenvalue weighted by atomic mass is 10.1. The maximum atomic E-state index is 13.2. The van der Waals surface area contributed by atoms with Crippen molar-refractivity contribution in [3.63, 3.8) is 0 Å². The third kappa shape index (κ3) is 3.78. The number of aromatic nitrogens is 4. The minimum atomic E-state index is -0.643. The second-order valence-electron chi connectivity index (χ2n) is 6.85. The highest BCUT2D eigenvalue weighted by atomic mass is 16.5. The van der Waals surface area contributed by atoms with E-state index in [4.69, 9.17) is 9.47 Å². The van der Waals surface area contributed by atoms with Gasteiger partial charge in [-0.15, -0.1) is 15.0 Å². The molecule has 150 valence electrons. The van der Waals surface area contributed by atoms with E-state index >= 15 is 0 Å². The first-order chi connectivity index (χ1) is 14.2. The minimum Gasteiger partial charge on any atom is -0.493 e. The Morgan fingerprint density at radius 1 is 1.00 bits per heavy atom. The second kappa shape index (κ2) is 8.30. The number of tetrazole rings is 1. The zero-order valence-corrected chi connectivity index (χ0v) is 16.5. The molecular weight excluding hydrogens is 370 g/mol. The minimum absolute atomic E-state index is 0.00929. The van der Waals surface area contributed by atoms with Crippen LogP contribution in [0.25, 0.3) is 11.4 Å². The molecule has 2 heterocycles. The molecule has 8 nitrogen and oxygen atoms in total. The number of ether oxygens (including phenoxy) is 2. The molecule has 4 rings (SSSR count). The fraction of sp³-hybridized carbons (Fsp3) is 0.333. The van der Waals surface area contributed by atoms with E-state index in [-0.39, 0.29) is 5.91 Å². The van der Waals surface area contributed by atoms with E-state index in [0.717, 1.165) is 37.1 Å². The quantitative estimate of drug-likeness (QED) is 0.640. The topological polar surface area (TPSA) is 82.4 Å². The number of nitrogens with zero attached hydrogens (tertiary/aromatic N) is 5. The maximum Gasteiger partial charge on any atom is 0.254 e. The molecule has 0 radical (unpaired) electrons. The van der Waals surface area contributed by atoms with Crippen molar-refractivity contribution in [3.8, 4) is 22.9 Å². The molecule has 0 N–H and O–H groups in total. The Labute approximate surface area is 169 Å². The average Bonchev–Trinajstić information content (AvgIpc) is 3.47. The predicted octanol–water partition coefficient (Wildman–Crippen LogP) is 2.57. The normalized spacial score (nSPS) is 14.6. The standard InChI is InChI=1S/C21H23N5O3/c1-28-17-11-10-16(14-18(17)29-2)20-22-24-26(23-20)19(15-8-4-3-5-9-15)21(27)25-12-6-7-13-25/h3-5,8-11,14,19H,6-7,12-13H2,1-2H3/t19-/m1/s1. The van der Waals surface area contributed by atoms with E-state index in [2.05, 4.69) is 15.4 Å². The van der Waals surface area contributed by atoms with Gasteiger partial charge >= 0.3 is 0 Å². The fourth-order valence-electron chi connectivity index (χ4n) is 3.55. The summed E-state index contributed by atoms with van der Waals surface area (Å²) in [7, 11) is 3.16. The van der Waals surface area contributed by atoms with Gasteiger partial charge in [-0.2, -0.15) is 0 Å². The molecule has 29 heavy (non-hydrogen) atoms. The largest absolute Gasteiger partial charge is 0.493 e. The number of carbonyl (C=O) groups excluding carboxylic acids is 1. The van der Waals surface area contributed by atoms with Gasteiger partial charge in [0.25, 0.3) is 5.91 Å². The first kappa shape index (κ1) is 18.9. The number of benzene rings is 2. The van der Waals surface area contributed by atoms with Crippen LogP contribution in [0.5, 0.6) is 11.5 Å². The molecule has 0 saturated carbocycles. The first-order valence-corrected chi connectivity index (χ1v) is 9.57. The zero-order valence-electron chi connectivity index (χ0n) is 16.5. The molecule has 1 amide bonds. The van der Waals surface area contributed by atoms with Crippen molar-refractivity contribution < 1.29 is 14.3 Å². The zero-order chi connectivity index (χ0) is 20.2. The van der Waals surface area contributed by atoms with Gasteiger partial charge in [-0.05, 0) is 41.8 Å². The number of amides is 1. The Balaban J connectivity index is 1.70.